The van der Waals surface area contributed by atoms with Crippen LogP contribution in [0.5, 0.6) is 0 Å². The molecule has 0 bridgehead atoms. The Kier molecular flexibility index (Phi) is 3.62. The van der Waals surface area contributed by atoms with Gasteiger partial charge in [0.25, 0.3) is 0 Å². The van der Waals surface area contributed by atoms with Gasteiger partial charge in [0.1, 0.15) is 11.3 Å². The van der Waals surface area contributed by atoms with Crippen LogP contribution in [0.3, 0.4) is 0 Å². The molecule has 116 valence electrons. The van der Waals surface area contributed by atoms with E-state index in [9.17, 15) is 4.79 Å². The molecule has 3 aromatic rings. The minimum atomic E-state index is 0.00953. The van der Waals surface area contributed by atoms with Crippen molar-refractivity contribution in [3.8, 4) is 11.3 Å². The van der Waals surface area contributed by atoms with Gasteiger partial charge < -0.3 is 9.32 Å². The number of benzene rings is 2. The van der Waals surface area contributed by atoms with Crippen LogP contribution in [0.4, 0.5) is 5.69 Å². The van der Waals surface area contributed by atoms with E-state index in [4.69, 9.17) is 4.42 Å². The normalized spacial score (nSPS) is 15.0. The first-order chi connectivity index (χ1) is 11.3. The molecule has 1 aliphatic heterocycles. The Labute approximate surface area is 135 Å². The molecule has 1 aromatic heterocycles. The van der Waals surface area contributed by atoms with Crippen molar-refractivity contribution in [1.82, 2.24) is 0 Å². The van der Waals surface area contributed by atoms with Crippen LogP contribution in [0.25, 0.3) is 22.3 Å². The molecule has 2 aromatic carbocycles. The predicted molar refractivity (Wildman–Crippen MR) is 94.0 cm³/mol. The van der Waals surface area contributed by atoms with E-state index in [0.29, 0.717) is 16.7 Å². The average Bonchev–Trinajstić information content (AvgIpc) is 2.63. The van der Waals surface area contributed by atoms with Gasteiger partial charge in [0, 0.05) is 36.5 Å². The van der Waals surface area contributed by atoms with E-state index in [-0.39, 0.29) is 5.43 Å². The molecule has 0 radical (unpaired) electrons. The van der Waals surface area contributed by atoms with Crippen LogP contribution in [0.2, 0.25) is 0 Å². The Balaban J connectivity index is 1.81. The average molecular weight is 305 g/mol. The van der Waals surface area contributed by atoms with E-state index in [0.717, 1.165) is 24.3 Å². The summed E-state index contributed by atoms with van der Waals surface area (Å²) >= 11 is 0. The number of hydrogen-bond acceptors (Lipinski definition) is 3. The molecule has 2 heterocycles. The van der Waals surface area contributed by atoms with Gasteiger partial charge in [-0.15, -0.1) is 0 Å². The number of piperidine rings is 1. The molecule has 0 N–H and O–H groups in total. The lowest BCUT2D eigenvalue weighted by Gasteiger charge is -2.28. The third-order valence-corrected chi connectivity index (χ3v) is 4.49. The predicted octanol–water partition coefficient (Wildman–Crippen LogP) is 4.45. The van der Waals surface area contributed by atoms with Gasteiger partial charge in [0.05, 0.1) is 5.39 Å². The van der Waals surface area contributed by atoms with Crippen molar-refractivity contribution in [2.75, 3.05) is 18.0 Å². The number of hydrogen-bond donors (Lipinski definition) is 0. The van der Waals surface area contributed by atoms with Crippen LogP contribution in [-0.4, -0.2) is 13.1 Å². The summed E-state index contributed by atoms with van der Waals surface area (Å²) < 4.78 is 6.03. The van der Waals surface area contributed by atoms with Gasteiger partial charge >= 0.3 is 0 Å². The van der Waals surface area contributed by atoms with E-state index in [2.05, 4.69) is 4.90 Å². The standard InChI is InChI=1S/C20H19NO2/c22-18-14-19(15-7-3-1-4-8-15)23-20-13-16(9-10-17(18)20)21-11-5-2-6-12-21/h1,3-4,7-10,13-14H,2,5-6,11-12H2. The summed E-state index contributed by atoms with van der Waals surface area (Å²) in [6, 6.07) is 17.3. The van der Waals surface area contributed by atoms with Crippen molar-refractivity contribution < 1.29 is 4.42 Å². The fraction of sp³-hybridized carbons (Fsp3) is 0.250. The van der Waals surface area contributed by atoms with E-state index in [1.54, 1.807) is 6.07 Å². The summed E-state index contributed by atoms with van der Waals surface area (Å²) in [5.74, 6) is 0.624. The molecule has 0 unspecified atom stereocenters. The van der Waals surface area contributed by atoms with Gasteiger partial charge in [0.2, 0.25) is 0 Å². The summed E-state index contributed by atoms with van der Waals surface area (Å²) in [5, 5.41) is 0.644. The van der Waals surface area contributed by atoms with Gasteiger partial charge in [-0.05, 0) is 31.4 Å². The van der Waals surface area contributed by atoms with Gasteiger partial charge in [-0.1, -0.05) is 30.3 Å². The van der Waals surface area contributed by atoms with E-state index in [1.165, 1.54) is 19.3 Å². The quantitative estimate of drug-likeness (QED) is 0.701. The number of anilines is 1. The van der Waals surface area contributed by atoms with Crippen molar-refractivity contribution in [3.05, 3.63) is 64.8 Å². The maximum Gasteiger partial charge on any atom is 0.193 e. The maximum absolute atomic E-state index is 12.4. The highest BCUT2D eigenvalue weighted by Gasteiger charge is 2.13. The molecule has 4 rings (SSSR count). The van der Waals surface area contributed by atoms with Crippen LogP contribution in [0, 0.1) is 0 Å². The number of nitrogens with zero attached hydrogens (tertiary/aromatic N) is 1. The smallest absolute Gasteiger partial charge is 0.193 e. The van der Waals surface area contributed by atoms with Gasteiger partial charge in [-0.25, -0.2) is 0 Å². The second-order valence-electron chi connectivity index (χ2n) is 6.07. The van der Waals surface area contributed by atoms with Crippen LogP contribution < -0.4 is 10.3 Å². The van der Waals surface area contributed by atoms with Crippen LogP contribution >= 0.6 is 0 Å². The molecule has 1 saturated heterocycles. The molecule has 3 nitrogen and oxygen atoms in total. The SMILES string of the molecule is O=c1cc(-c2ccccc2)oc2cc(N3CCCCC3)ccc12. The molecule has 23 heavy (non-hydrogen) atoms. The first-order valence-corrected chi connectivity index (χ1v) is 8.19. The van der Waals surface area contributed by atoms with E-state index >= 15 is 0 Å². The zero-order valence-corrected chi connectivity index (χ0v) is 13.0. The summed E-state index contributed by atoms with van der Waals surface area (Å²) in [4.78, 5) is 14.8. The molecule has 0 aliphatic carbocycles. The van der Waals surface area contributed by atoms with Crippen LogP contribution in [0.1, 0.15) is 19.3 Å². The van der Waals surface area contributed by atoms with Gasteiger partial charge in [-0.2, -0.15) is 0 Å². The Morgan fingerprint density at radius 3 is 2.43 bits per heavy atom. The molecule has 0 amide bonds. The van der Waals surface area contributed by atoms with Crippen molar-refractivity contribution >= 4 is 16.7 Å². The largest absolute Gasteiger partial charge is 0.456 e. The maximum atomic E-state index is 12.4. The molecule has 1 fully saturated rings. The van der Waals surface area contributed by atoms with Crippen molar-refractivity contribution in [2.24, 2.45) is 0 Å². The Morgan fingerprint density at radius 1 is 0.870 bits per heavy atom. The van der Waals surface area contributed by atoms with Crippen molar-refractivity contribution in [2.45, 2.75) is 19.3 Å². The summed E-state index contributed by atoms with van der Waals surface area (Å²) in [6.07, 6.45) is 3.76. The van der Waals surface area contributed by atoms with Gasteiger partial charge in [0.15, 0.2) is 5.43 Å². The lowest BCUT2D eigenvalue weighted by atomic mass is 10.1. The van der Waals surface area contributed by atoms with Crippen LogP contribution in [0.15, 0.2) is 63.8 Å². The molecule has 1 aliphatic rings. The van der Waals surface area contributed by atoms with Gasteiger partial charge in [-0.3, -0.25) is 4.79 Å². The lowest BCUT2D eigenvalue weighted by molar-refractivity contribution is 0.576. The highest BCUT2D eigenvalue weighted by molar-refractivity contribution is 5.82. The lowest BCUT2D eigenvalue weighted by Crippen LogP contribution is -2.29. The first-order valence-electron chi connectivity index (χ1n) is 8.19. The monoisotopic (exact) mass is 305 g/mol. The third-order valence-electron chi connectivity index (χ3n) is 4.49. The fourth-order valence-corrected chi connectivity index (χ4v) is 3.24. The van der Waals surface area contributed by atoms with E-state index < -0.39 is 0 Å². The second kappa shape index (κ2) is 5.92. The Bertz CT molecular complexity index is 877. The highest BCUT2D eigenvalue weighted by atomic mass is 16.3. The van der Waals surface area contributed by atoms with Crippen molar-refractivity contribution in [3.63, 3.8) is 0 Å². The minimum Gasteiger partial charge on any atom is -0.456 e. The second-order valence-corrected chi connectivity index (χ2v) is 6.07. The topological polar surface area (TPSA) is 33.5 Å². The highest BCUT2D eigenvalue weighted by Crippen LogP contribution is 2.26. The van der Waals surface area contributed by atoms with Crippen LogP contribution in [-0.2, 0) is 0 Å². The molecule has 0 saturated carbocycles. The number of rotatable bonds is 2. The zero-order valence-electron chi connectivity index (χ0n) is 13.0. The molecule has 0 atom stereocenters. The Morgan fingerprint density at radius 2 is 1.65 bits per heavy atom. The first kappa shape index (κ1) is 14.1. The summed E-state index contributed by atoms with van der Waals surface area (Å²) in [6.45, 7) is 2.15. The Hall–Kier alpha value is -2.55. The number of fused-ring (bicyclic) bond motifs is 1. The van der Waals surface area contributed by atoms with E-state index in [1.807, 2.05) is 48.5 Å². The van der Waals surface area contributed by atoms with Crippen molar-refractivity contribution in [1.29, 1.82) is 0 Å². The molecule has 3 heteroatoms. The summed E-state index contributed by atoms with van der Waals surface area (Å²) in [5.41, 5.74) is 2.75. The molecular weight excluding hydrogens is 286 g/mol. The minimum absolute atomic E-state index is 0.00953. The third kappa shape index (κ3) is 2.74. The molecular formula is C20H19NO2. The summed E-state index contributed by atoms with van der Waals surface area (Å²) in [7, 11) is 0. The fourth-order valence-electron chi connectivity index (χ4n) is 3.24. The zero-order chi connectivity index (χ0) is 15.6. The molecule has 0 spiro atoms.